The third-order valence-electron chi connectivity index (χ3n) is 3.01. The van der Waals surface area contributed by atoms with Crippen molar-refractivity contribution >= 4 is 12.0 Å². The quantitative estimate of drug-likeness (QED) is 0.816. The summed E-state index contributed by atoms with van der Waals surface area (Å²) in [4.78, 5) is 28.6. The van der Waals surface area contributed by atoms with E-state index in [1.165, 1.54) is 0 Å². The number of rotatable bonds is 4. The minimum Gasteiger partial charge on any atom is -0.481 e. The molecular formula is C11H15N3O3. The van der Waals surface area contributed by atoms with Crippen molar-refractivity contribution in [1.82, 2.24) is 14.8 Å². The Morgan fingerprint density at radius 3 is 3.00 bits per heavy atom. The van der Waals surface area contributed by atoms with Crippen molar-refractivity contribution in [3.8, 4) is 0 Å². The van der Waals surface area contributed by atoms with E-state index in [0.29, 0.717) is 6.54 Å². The molecule has 1 atom stereocenters. The van der Waals surface area contributed by atoms with Crippen LogP contribution >= 0.6 is 0 Å². The first kappa shape index (κ1) is 11.5. The molecule has 1 aromatic rings. The van der Waals surface area contributed by atoms with Gasteiger partial charge in [-0.2, -0.15) is 0 Å². The van der Waals surface area contributed by atoms with E-state index in [-0.39, 0.29) is 25.0 Å². The molecule has 6 nitrogen and oxygen atoms in total. The predicted molar refractivity (Wildman–Crippen MR) is 60.5 cm³/mol. The molecule has 0 saturated carbocycles. The van der Waals surface area contributed by atoms with E-state index in [0.717, 1.165) is 5.69 Å². The van der Waals surface area contributed by atoms with Gasteiger partial charge in [-0.25, -0.2) is 4.79 Å². The van der Waals surface area contributed by atoms with E-state index in [1.54, 1.807) is 16.8 Å². The molecule has 0 spiro atoms. The highest BCUT2D eigenvalue weighted by molar-refractivity contribution is 5.78. The van der Waals surface area contributed by atoms with Gasteiger partial charge in [0.05, 0.1) is 12.5 Å². The number of hydrogen-bond acceptors (Lipinski definition) is 2. The molecule has 0 aromatic carbocycles. The van der Waals surface area contributed by atoms with E-state index < -0.39 is 5.97 Å². The van der Waals surface area contributed by atoms with E-state index in [4.69, 9.17) is 5.11 Å². The van der Waals surface area contributed by atoms with Gasteiger partial charge in [-0.15, -0.1) is 0 Å². The van der Waals surface area contributed by atoms with Gasteiger partial charge in [-0.05, 0) is 12.1 Å². The zero-order valence-electron chi connectivity index (χ0n) is 9.59. The summed E-state index contributed by atoms with van der Waals surface area (Å²) in [5, 5.41) is 8.62. The van der Waals surface area contributed by atoms with Crippen molar-refractivity contribution in [2.75, 3.05) is 20.1 Å². The standard InChI is InChI=1S/C11H15N3O3/c1-13-9(8-3-2-5-12-8)7-14(11(13)17)6-4-10(15)16/h2-3,5,9,12H,4,6-7H2,1H3,(H,15,16). The van der Waals surface area contributed by atoms with Gasteiger partial charge < -0.3 is 19.9 Å². The molecule has 0 bridgehead atoms. The number of urea groups is 1. The summed E-state index contributed by atoms with van der Waals surface area (Å²) in [6.45, 7) is 0.791. The Hall–Kier alpha value is -1.98. The molecule has 2 rings (SSSR count). The smallest absolute Gasteiger partial charge is 0.320 e. The number of nitrogens with one attached hydrogen (secondary N) is 1. The molecule has 2 N–H and O–H groups in total. The molecule has 0 radical (unpaired) electrons. The summed E-state index contributed by atoms with van der Waals surface area (Å²) >= 11 is 0. The number of H-pyrrole nitrogens is 1. The Balaban J connectivity index is 2.04. The Morgan fingerprint density at radius 1 is 1.65 bits per heavy atom. The van der Waals surface area contributed by atoms with Crippen LogP contribution in [0.25, 0.3) is 0 Å². The Bertz CT molecular complexity index is 416. The van der Waals surface area contributed by atoms with Gasteiger partial charge in [0.1, 0.15) is 0 Å². The normalized spacial score (nSPS) is 20.1. The molecule has 2 amide bonds. The average molecular weight is 237 g/mol. The zero-order valence-corrected chi connectivity index (χ0v) is 9.59. The molecule has 1 unspecified atom stereocenters. The van der Waals surface area contributed by atoms with Gasteiger partial charge in [0, 0.05) is 32.0 Å². The van der Waals surface area contributed by atoms with Crippen molar-refractivity contribution in [1.29, 1.82) is 0 Å². The van der Waals surface area contributed by atoms with Crippen LogP contribution in [0.1, 0.15) is 18.2 Å². The van der Waals surface area contributed by atoms with Gasteiger partial charge in [-0.3, -0.25) is 4.79 Å². The second-order valence-corrected chi connectivity index (χ2v) is 4.12. The number of carboxylic acids is 1. The van der Waals surface area contributed by atoms with Crippen LogP contribution in [0, 0.1) is 0 Å². The number of nitrogens with zero attached hydrogens (tertiary/aromatic N) is 2. The summed E-state index contributed by atoms with van der Waals surface area (Å²) in [5.74, 6) is -0.885. The van der Waals surface area contributed by atoms with Crippen molar-refractivity contribution in [3.05, 3.63) is 24.0 Å². The number of carbonyl (C=O) groups is 2. The highest BCUT2D eigenvalue weighted by Gasteiger charge is 2.35. The maximum absolute atomic E-state index is 11.9. The molecule has 6 heteroatoms. The third kappa shape index (κ3) is 2.25. The summed E-state index contributed by atoms with van der Waals surface area (Å²) in [7, 11) is 1.73. The monoisotopic (exact) mass is 237 g/mol. The fourth-order valence-corrected chi connectivity index (χ4v) is 2.04. The fraction of sp³-hybridized carbons (Fsp3) is 0.455. The first-order valence-electron chi connectivity index (χ1n) is 5.46. The molecule has 1 aliphatic rings. The summed E-state index contributed by atoms with van der Waals surface area (Å²) in [6.07, 6.45) is 1.80. The molecule has 1 saturated heterocycles. The number of aromatic nitrogens is 1. The van der Waals surface area contributed by atoms with Crippen molar-refractivity contribution in [2.24, 2.45) is 0 Å². The number of carboxylic acid groups (broad SMARTS) is 1. The van der Waals surface area contributed by atoms with E-state index >= 15 is 0 Å². The lowest BCUT2D eigenvalue weighted by Gasteiger charge is -2.16. The van der Waals surface area contributed by atoms with E-state index in [2.05, 4.69) is 4.98 Å². The van der Waals surface area contributed by atoms with E-state index in [1.807, 2.05) is 18.3 Å². The zero-order chi connectivity index (χ0) is 12.4. The number of amides is 2. The minimum atomic E-state index is -0.885. The predicted octanol–water partition coefficient (Wildman–Crippen LogP) is 0.898. The largest absolute Gasteiger partial charge is 0.481 e. The summed E-state index contributed by atoms with van der Waals surface area (Å²) in [6, 6.07) is 3.67. The SMILES string of the molecule is CN1C(=O)N(CCC(=O)O)CC1c1ccc[nH]1. The van der Waals surface area contributed by atoms with Crippen molar-refractivity contribution in [2.45, 2.75) is 12.5 Å². The molecule has 92 valence electrons. The highest BCUT2D eigenvalue weighted by atomic mass is 16.4. The molecule has 1 aromatic heterocycles. The van der Waals surface area contributed by atoms with Crippen LogP contribution < -0.4 is 0 Å². The second-order valence-electron chi connectivity index (χ2n) is 4.12. The van der Waals surface area contributed by atoms with Gasteiger partial charge >= 0.3 is 12.0 Å². The number of carbonyl (C=O) groups excluding carboxylic acids is 1. The molecule has 1 aliphatic heterocycles. The average Bonchev–Trinajstić information content (AvgIpc) is 2.88. The van der Waals surface area contributed by atoms with Crippen molar-refractivity contribution in [3.63, 3.8) is 0 Å². The first-order chi connectivity index (χ1) is 8.09. The van der Waals surface area contributed by atoms with Crippen LogP contribution in [0.3, 0.4) is 0 Å². The number of aliphatic carboxylic acids is 1. The summed E-state index contributed by atoms with van der Waals surface area (Å²) in [5.41, 5.74) is 0.971. The topological polar surface area (TPSA) is 76.6 Å². The molecule has 1 fully saturated rings. The maximum atomic E-state index is 11.9. The van der Waals surface area contributed by atoms with Crippen LogP contribution in [0.15, 0.2) is 18.3 Å². The van der Waals surface area contributed by atoms with Crippen LogP contribution in [0.4, 0.5) is 4.79 Å². The first-order valence-corrected chi connectivity index (χ1v) is 5.46. The minimum absolute atomic E-state index is 0.0168. The fourth-order valence-electron chi connectivity index (χ4n) is 2.04. The molecule has 2 heterocycles. The molecule has 17 heavy (non-hydrogen) atoms. The lowest BCUT2D eigenvalue weighted by molar-refractivity contribution is -0.137. The molecular weight excluding hydrogens is 222 g/mol. The Labute approximate surface area is 98.8 Å². The van der Waals surface area contributed by atoms with Crippen LogP contribution in [-0.4, -0.2) is 52.0 Å². The van der Waals surface area contributed by atoms with E-state index in [9.17, 15) is 9.59 Å². The van der Waals surface area contributed by atoms with Gasteiger partial charge in [0.25, 0.3) is 0 Å². The third-order valence-corrected chi connectivity index (χ3v) is 3.01. The maximum Gasteiger partial charge on any atom is 0.320 e. The van der Waals surface area contributed by atoms with Crippen molar-refractivity contribution < 1.29 is 14.7 Å². The highest BCUT2D eigenvalue weighted by Crippen LogP contribution is 2.26. The summed E-state index contributed by atoms with van der Waals surface area (Å²) < 4.78 is 0. The van der Waals surface area contributed by atoms with Crippen LogP contribution in [-0.2, 0) is 4.79 Å². The number of likely N-dealkylation sites (N-methyl/N-ethyl adjacent to an activating group) is 1. The van der Waals surface area contributed by atoms with Gasteiger partial charge in [0.2, 0.25) is 0 Å². The number of aromatic amines is 1. The molecule has 0 aliphatic carbocycles. The van der Waals surface area contributed by atoms with Gasteiger partial charge in [-0.1, -0.05) is 0 Å². The van der Waals surface area contributed by atoms with Gasteiger partial charge in [0.15, 0.2) is 0 Å². The van der Waals surface area contributed by atoms with Crippen LogP contribution in [0.2, 0.25) is 0 Å². The van der Waals surface area contributed by atoms with Crippen LogP contribution in [0.5, 0.6) is 0 Å². The second kappa shape index (κ2) is 4.48. The Kier molecular flexibility index (Phi) is 3.03. The Morgan fingerprint density at radius 2 is 2.41 bits per heavy atom. The lowest BCUT2D eigenvalue weighted by atomic mass is 10.2. The lowest BCUT2D eigenvalue weighted by Crippen LogP contribution is -2.31. The number of hydrogen-bond donors (Lipinski definition) is 2.